The van der Waals surface area contributed by atoms with Gasteiger partial charge < -0.3 is 0 Å². The Morgan fingerprint density at radius 1 is 1.07 bits per heavy atom. The number of carbonyl (C=O) groups is 1. The number of carbonyl (C=O) groups excluding carboxylic acids is 1. The van der Waals surface area contributed by atoms with Gasteiger partial charge in [0, 0.05) is 12.1 Å². The van der Waals surface area contributed by atoms with E-state index in [1.165, 1.54) is 4.31 Å². The van der Waals surface area contributed by atoms with E-state index in [1.807, 2.05) is 32.0 Å². The summed E-state index contributed by atoms with van der Waals surface area (Å²) in [6, 6.07) is 14.2. The van der Waals surface area contributed by atoms with Crippen molar-refractivity contribution in [2.24, 2.45) is 0 Å². The number of hydrogen-bond acceptors (Lipinski definition) is 6. The van der Waals surface area contributed by atoms with Gasteiger partial charge in [-0.1, -0.05) is 35.6 Å². The predicted octanol–water partition coefficient (Wildman–Crippen LogP) is 3.62. The average Bonchev–Trinajstić information content (AvgIpc) is 3.11. The van der Waals surface area contributed by atoms with Crippen LogP contribution in [0.1, 0.15) is 28.4 Å². The molecule has 0 aliphatic heterocycles. The summed E-state index contributed by atoms with van der Waals surface area (Å²) in [5.41, 5.74) is 2.96. The van der Waals surface area contributed by atoms with E-state index in [0.29, 0.717) is 11.3 Å². The second-order valence-electron chi connectivity index (χ2n) is 6.21. The molecule has 0 unspecified atom stereocenters. The summed E-state index contributed by atoms with van der Waals surface area (Å²) >= 11 is 0.826. The standard InChI is InChI=1S/C19H20N4O3S2/c1-4-23(16-11-13(2)10-14(3)12-16)28(25,26)19-22-21-18(27-19)20-17(24)15-8-6-5-7-9-15/h5-12H,4H2,1-3H3,(H,20,21,24). The van der Waals surface area contributed by atoms with Crippen molar-refractivity contribution in [1.29, 1.82) is 0 Å². The van der Waals surface area contributed by atoms with Crippen molar-refractivity contribution < 1.29 is 13.2 Å². The lowest BCUT2D eigenvalue weighted by Crippen LogP contribution is -2.30. The van der Waals surface area contributed by atoms with E-state index in [-0.39, 0.29) is 21.9 Å². The Kier molecular flexibility index (Phi) is 5.76. The van der Waals surface area contributed by atoms with Gasteiger partial charge in [0.05, 0.1) is 5.69 Å². The normalized spacial score (nSPS) is 11.2. The van der Waals surface area contributed by atoms with Crippen LogP contribution in [0.4, 0.5) is 10.8 Å². The van der Waals surface area contributed by atoms with Crippen molar-refractivity contribution >= 4 is 38.1 Å². The molecule has 0 saturated heterocycles. The summed E-state index contributed by atoms with van der Waals surface area (Å²) in [5.74, 6) is -0.373. The molecule has 146 valence electrons. The van der Waals surface area contributed by atoms with Gasteiger partial charge in [0.25, 0.3) is 20.3 Å². The number of sulfonamides is 1. The maximum Gasteiger partial charge on any atom is 0.293 e. The summed E-state index contributed by atoms with van der Waals surface area (Å²) < 4.78 is 27.3. The van der Waals surface area contributed by atoms with Crippen molar-refractivity contribution in [2.75, 3.05) is 16.2 Å². The fourth-order valence-corrected chi connectivity index (χ4v) is 5.26. The molecule has 0 fully saturated rings. The van der Waals surface area contributed by atoms with Gasteiger partial charge in [0.2, 0.25) is 5.13 Å². The predicted molar refractivity (Wildman–Crippen MR) is 110 cm³/mol. The van der Waals surface area contributed by atoms with Crippen LogP contribution in [-0.4, -0.2) is 31.1 Å². The summed E-state index contributed by atoms with van der Waals surface area (Å²) in [7, 11) is -3.89. The van der Waals surface area contributed by atoms with Crippen molar-refractivity contribution in [3.63, 3.8) is 0 Å². The summed E-state index contributed by atoms with van der Waals surface area (Å²) in [6.45, 7) is 5.84. The van der Waals surface area contributed by atoms with Gasteiger partial charge in [0.15, 0.2) is 0 Å². The van der Waals surface area contributed by atoms with Gasteiger partial charge >= 0.3 is 0 Å². The van der Waals surface area contributed by atoms with E-state index in [9.17, 15) is 13.2 Å². The van der Waals surface area contributed by atoms with E-state index in [1.54, 1.807) is 37.3 Å². The molecule has 1 amide bonds. The van der Waals surface area contributed by atoms with E-state index < -0.39 is 10.0 Å². The highest BCUT2D eigenvalue weighted by molar-refractivity contribution is 7.94. The molecule has 0 aliphatic rings. The smallest absolute Gasteiger partial charge is 0.293 e. The minimum absolute atomic E-state index is 0.129. The van der Waals surface area contributed by atoms with Gasteiger partial charge in [-0.3, -0.25) is 14.4 Å². The Labute approximate surface area is 168 Å². The van der Waals surface area contributed by atoms with Gasteiger partial charge in [-0.2, -0.15) is 8.42 Å². The van der Waals surface area contributed by atoms with E-state index in [2.05, 4.69) is 15.5 Å². The Bertz CT molecular complexity index is 1080. The maximum atomic E-state index is 13.1. The lowest BCUT2D eigenvalue weighted by atomic mass is 10.1. The molecular weight excluding hydrogens is 396 g/mol. The first-order chi connectivity index (χ1) is 13.3. The molecule has 1 aromatic heterocycles. The second-order valence-corrected chi connectivity index (χ2v) is 9.22. The molecule has 3 rings (SSSR count). The Morgan fingerprint density at radius 3 is 2.32 bits per heavy atom. The average molecular weight is 417 g/mol. The van der Waals surface area contributed by atoms with Crippen LogP contribution in [0.2, 0.25) is 0 Å². The molecule has 0 spiro atoms. The lowest BCUT2D eigenvalue weighted by molar-refractivity contribution is 0.102. The zero-order valence-electron chi connectivity index (χ0n) is 15.7. The van der Waals surface area contributed by atoms with Crippen LogP contribution in [0.15, 0.2) is 52.9 Å². The van der Waals surface area contributed by atoms with Crippen LogP contribution in [0, 0.1) is 13.8 Å². The van der Waals surface area contributed by atoms with Crippen LogP contribution >= 0.6 is 11.3 Å². The number of hydrogen-bond donors (Lipinski definition) is 1. The largest absolute Gasteiger partial charge is 0.296 e. The SMILES string of the molecule is CCN(c1cc(C)cc(C)c1)S(=O)(=O)c1nnc(NC(=O)c2ccccc2)s1. The Morgan fingerprint density at radius 2 is 1.71 bits per heavy atom. The molecule has 0 aliphatic carbocycles. The highest BCUT2D eigenvalue weighted by atomic mass is 32.2. The minimum atomic E-state index is -3.89. The molecule has 0 radical (unpaired) electrons. The molecule has 3 aromatic rings. The highest BCUT2D eigenvalue weighted by Crippen LogP contribution is 2.28. The number of aryl methyl sites for hydroxylation is 2. The van der Waals surface area contributed by atoms with Gasteiger partial charge in [-0.25, -0.2) is 0 Å². The summed E-state index contributed by atoms with van der Waals surface area (Å²) in [5, 5.41) is 10.3. The topological polar surface area (TPSA) is 92.3 Å². The number of benzene rings is 2. The first kappa shape index (κ1) is 20.0. The first-order valence-electron chi connectivity index (χ1n) is 8.62. The fraction of sp³-hybridized carbons (Fsp3) is 0.211. The number of anilines is 2. The van der Waals surface area contributed by atoms with Crippen molar-refractivity contribution in [3.8, 4) is 0 Å². The Balaban J connectivity index is 1.87. The summed E-state index contributed by atoms with van der Waals surface area (Å²) in [4.78, 5) is 12.2. The minimum Gasteiger partial charge on any atom is -0.296 e. The quantitative estimate of drug-likeness (QED) is 0.620. The maximum absolute atomic E-state index is 13.1. The number of aromatic nitrogens is 2. The molecule has 7 nitrogen and oxygen atoms in total. The van der Waals surface area contributed by atoms with Gasteiger partial charge in [0.1, 0.15) is 0 Å². The number of rotatable bonds is 6. The lowest BCUT2D eigenvalue weighted by Gasteiger charge is -2.22. The number of nitrogens with zero attached hydrogens (tertiary/aromatic N) is 3. The zero-order valence-corrected chi connectivity index (χ0v) is 17.3. The van der Waals surface area contributed by atoms with Crippen LogP contribution in [-0.2, 0) is 10.0 Å². The third-order valence-electron chi connectivity index (χ3n) is 3.96. The van der Waals surface area contributed by atoms with Crippen molar-refractivity contribution in [2.45, 2.75) is 25.1 Å². The second kappa shape index (κ2) is 8.07. The monoisotopic (exact) mass is 416 g/mol. The molecule has 0 saturated carbocycles. The molecule has 0 bridgehead atoms. The zero-order chi connectivity index (χ0) is 20.3. The molecule has 28 heavy (non-hydrogen) atoms. The summed E-state index contributed by atoms with van der Waals surface area (Å²) in [6.07, 6.45) is 0. The van der Waals surface area contributed by atoms with Crippen LogP contribution in [0.5, 0.6) is 0 Å². The molecular formula is C19H20N4O3S2. The molecule has 9 heteroatoms. The van der Waals surface area contributed by atoms with Crippen LogP contribution in [0.25, 0.3) is 0 Å². The van der Waals surface area contributed by atoms with Crippen molar-refractivity contribution in [3.05, 3.63) is 65.2 Å². The molecule has 0 atom stereocenters. The molecule has 1 N–H and O–H groups in total. The van der Waals surface area contributed by atoms with E-state index in [0.717, 1.165) is 22.5 Å². The van der Waals surface area contributed by atoms with Crippen molar-refractivity contribution in [1.82, 2.24) is 10.2 Å². The van der Waals surface area contributed by atoms with E-state index >= 15 is 0 Å². The third-order valence-corrected chi connectivity index (χ3v) is 7.04. The van der Waals surface area contributed by atoms with Crippen LogP contribution < -0.4 is 9.62 Å². The fourth-order valence-electron chi connectivity index (χ4n) is 2.80. The Hall–Kier alpha value is -2.78. The van der Waals surface area contributed by atoms with Gasteiger partial charge in [-0.05, 0) is 56.2 Å². The number of amides is 1. The third kappa shape index (κ3) is 4.20. The highest BCUT2D eigenvalue weighted by Gasteiger charge is 2.28. The number of nitrogens with one attached hydrogen (secondary N) is 1. The first-order valence-corrected chi connectivity index (χ1v) is 10.9. The van der Waals surface area contributed by atoms with E-state index in [4.69, 9.17) is 0 Å². The van der Waals surface area contributed by atoms with Crippen LogP contribution in [0.3, 0.4) is 0 Å². The molecule has 2 aromatic carbocycles. The van der Waals surface area contributed by atoms with Gasteiger partial charge in [-0.15, -0.1) is 10.2 Å². The molecule has 1 heterocycles.